The van der Waals surface area contributed by atoms with Gasteiger partial charge < -0.3 is 19.4 Å². The van der Waals surface area contributed by atoms with Gasteiger partial charge in [-0.2, -0.15) is 0 Å². The first kappa shape index (κ1) is 12.6. The first-order valence-corrected chi connectivity index (χ1v) is 6.83. The summed E-state index contributed by atoms with van der Waals surface area (Å²) in [6, 6.07) is 1.70. The average molecular weight is 266 g/mol. The van der Waals surface area contributed by atoms with Crippen molar-refractivity contribution in [2.45, 2.75) is 25.9 Å². The third kappa shape index (κ3) is 2.50. The van der Waals surface area contributed by atoms with Crippen molar-refractivity contribution in [3.05, 3.63) is 11.8 Å². The summed E-state index contributed by atoms with van der Waals surface area (Å²) in [7, 11) is 0. The fourth-order valence-corrected chi connectivity index (χ4v) is 3.38. The summed E-state index contributed by atoms with van der Waals surface area (Å²) in [6.07, 6.45) is 1.80. The summed E-state index contributed by atoms with van der Waals surface area (Å²) in [5, 5.41) is 16.5. The number of amides is 1. The van der Waals surface area contributed by atoms with Crippen molar-refractivity contribution in [3.63, 3.8) is 0 Å². The van der Waals surface area contributed by atoms with Gasteiger partial charge in [-0.1, -0.05) is 5.16 Å². The van der Waals surface area contributed by atoms with Gasteiger partial charge in [-0.05, 0) is 6.92 Å². The molecule has 1 aromatic heterocycles. The lowest BCUT2D eigenvalue weighted by molar-refractivity contribution is -0.939. The molecule has 0 aromatic carbocycles. The lowest BCUT2D eigenvalue weighted by Gasteiger charge is -2.50. The SMILES string of the molecule is Cc1cc(NC(=O)C[N+]23CCC(CC2)C(O)C3)no1. The first-order valence-electron chi connectivity index (χ1n) is 6.83. The van der Waals surface area contributed by atoms with Crippen molar-refractivity contribution >= 4 is 11.7 Å². The van der Waals surface area contributed by atoms with Crippen LogP contribution in [0.1, 0.15) is 18.6 Å². The number of quaternary nitrogens is 1. The Morgan fingerprint density at radius 1 is 1.58 bits per heavy atom. The van der Waals surface area contributed by atoms with Crippen LogP contribution < -0.4 is 5.32 Å². The van der Waals surface area contributed by atoms with E-state index in [0.717, 1.165) is 25.9 Å². The molecule has 0 saturated carbocycles. The summed E-state index contributed by atoms with van der Waals surface area (Å²) < 4.78 is 5.63. The predicted molar refractivity (Wildman–Crippen MR) is 68.3 cm³/mol. The molecular weight excluding hydrogens is 246 g/mol. The third-order valence-corrected chi connectivity index (χ3v) is 4.44. The zero-order valence-electron chi connectivity index (χ0n) is 11.1. The van der Waals surface area contributed by atoms with Gasteiger partial charge in [0.15, 0.2) is 12.4 Å². The molecule has 1 unspecified atom stereocenters. The number of hydrogen-bond donors (Lipinski definition) is 2. The average Bonchev–Trinajstić information content (AvgIpc) is 2.74. The molecule has 6 nitrogen and oxygen atoms in total. The van der Waals surface area contributed by atoms with Gasteiger partial charge in [-0.25, -0.2) is 0 Å². The largest absolute Gasteiger partial charge is 0.387 e. The highest BCUT2D eigenvalue weighted by atomic mass is 16.5. The van der Waals surface area contributed by atoms with E-state index in [2.05, 4.69) is 10.5 Å². The van der Waals surface area contributed by atoms with Gasteiger partial charge in [-0.15, -0.1) is 0 Å². The van der Waals surface area contributed by atoms with Crippen LogP contribution in [-0.4, -0.2) is 52.9 Å². The summed E-state index contributed by atoms with van der Waals surface area (Å²) in [4.78, 5) is 12.1. The maximum atomic E-state index is 12.1. The molecule has 3 aliphatic heterocycles. The number of aliphatic hydroxyl groups excluding tert-OH is 1. The maximum absolute atomic E-state index is 12.1. The molecule has 3 fully saturated rings. The van der Waals surface area contributed by atoms with E-state index in [1.165, 1.54) is 0 Å². The Balaban J connectivity index is 1.62. The Kier molecular flexibility index (Phi) is 3.06. The van der Waals surface area contributed by atoms with Crippen molar-refractivity contribution < 1.29 is 18.9 Å². The molecule has 1 amide bonds. The van der Waals surface area contributed by atoms with Crippen molar-refractivity contribution in [1.82, 2.24) is 5.16 Å². The van der Waals surface area contributed by atoms with E-state index in [1.807, 2.05) is 0 Å². The number of fused-ring (bicyclic) bond motifs is 3. The Morgan fingerprint density at radius 3 is 2.89 bits per heavy atom. The van der Waals surface area contributed by atoms with Crippen LogP contribution >= 0.6 is 0 Å². The summed E-state index contributed by atoms with van der Waals surface area (Å²) in [5.41, 5.74) is 0. The lowest BCUT2D eigenvalue weighted by Crippen LogP contribution is -2.65. The molecule has 3 saturated heterocycles. The number of nitrogens with one attached hydrogen (secondary N) is 1. The van der Waals surface area contributed by atoms with Gasteiger partial charge >= 0.3 is 0 Å². The first-order chi connectivity index (χ1) is 9.06. The van der Waals surface area contributed by atoms with Gasteiger partial charge in [0, 0.05) is 24.8 Å². The van der Waals surface area contributed by atoms with Crippen LogP contribution in [-0.2, 0) is 4.79 Å². The van der Waals surface area contributed by atoms with Gasteiger partial charge in [0.1, 0.15) is 18.4 Å². The van der Waals surface area contributed by atoms with E-state index in [1.54, 1.807) is 13.0 Å². The zero-order valence-corrected chi connectivity index (χ0v) is 11.1. The molecule has 0 radical (unpaired) electrons. The van der Waals surface area contributed by atoms with Crippen molar-refractivity contribution in [2.24, 2.45) is 5.92 Å². The zero-order chi connectivity index (χ0) is 13.5. The Hall–Kier alpha value is -1.40. The minimum absolute atomic E-state index is 0.0548. The van der Waals surface area contributed by atoms with Crippen molar-refractivity contribution in [2.75, 3.05) is 31.5 Å². The number of piperidine rings is 3. The van der Waals surface area contributed by atoms with Crippen LogP contribution in [0, 0.1) is 12.8 Å². The summed E-state index contributed by atoms with van der Waals surface area (Å²) in [5.74, 6) is 1.53. The highest BCUT2D eigenvalue weighted by Gasteiger charge is 2.46. The Bertz CT molecular complexity index is 477. The fraction of sp³-hybridized carbons (Fsp3) is 0.692. The van der Waals surface area contributed by atoms with Crippen LogP contribution in [0.4, 0.5) is 5.82 Å². The molecule has 2 N–H and O–H groups in total. The van der Waals surface area contributed by atoms with Crippen LogP contribution in [0.3, 0.4) is 0 Å². The molecule has 1 aromatic rings. The number of carbonyl (C=O) groups excluding carboxylic acids is 1. The monoisotopic (exact) mass is 266 g/mol. The molecule has 4 heterocycles. The number of anilines is 1. The minimum atomic E-state index is -0.246. The molecular formula is C13H20N3O3+. The van der Waals surface area contributed by atoms with E-state index in [-0.39, 0.29) is 12.0 Å². The van der Waals surface area contributed by atoms with E-state index in [0.29, 0.717) is 35.1 Å². The van der Waals surface area contributed by atoms with E-state index < -0.39 is 0 Å². The molecule has 2 bridgehead atoms. The molecule has 0 spiro atoms. The smallest absolute Gasteiger partial charge is 0.280 e. The highest BCUT2D eigenvalue weighted by Crippen LogP contribution is 2.33. The standard InChI is InChI=1S/C13H19N3O3/c1-9-6-12(15-19-9)14-13(18)8-16-4-2-10(3-5-16)11(17)7-16/h6,10-11,17H,2-5,7-8H2,1H3/p+1. The molecule has 19 heavy (non-hydrogen) atoms. The van der Waals surface area contributed by atoms with Gasteiger partial charge in [-0.3, -0.25) is 4.79 Å². The van der Waals surface area contributed by atoms with Gasteiger partial charge in [0.25, 0.3) is 5.91 Å². The predicted octanol–water partition coefficient (Wildman–Crippen LogP) is 0.523. The quantitative estimate of drug-likeness (QED) is 0.782. The Morgan fingerprint density at radius 2 is 2.32 bits per heavy atom. The summed E-state index contributed by atoms with van der Waals surface area (Å²) in [6.45, 7) is 4.89. The number of nitrogens with zero attached hydrogens (tertiary/aromatic N) is 2. The van der Waals surface area contributed by atoms with Gasteiger partial charge in [0.05, 0.1) is 13.1 Å². The maximum Gasteiger partial charge on any atom is 0.280 e. The van der Waals surface area contributed by atoms with E-state index >= 15 is 0 Å². The molecule has 6 heteroatoms. The topological polar surface area (TPSA) is 75.4 Å². The van der Waals surface area contributed by atoms with Gasteiger partial charge in [0.2, 0.25) is 0 Å². The molecule has 104 valence electrons. The second-order valence-corrected chi connectivity index (χ2v) is 5.91. The number of aryl methyl sites for hydroxylation is 1. The number of carbonyl (C=O) groups is 1. The van der Waals surface area contributed by atoms with Crippen LogP contribution in [0.15, 0.2) is 10.6 Å². The number of rotatable bonds is 3. The van der Waals surface area contributed by atoms with E-state index in [9.17, 15) is 9.90 Å². The van der Waals surface area contributed by atoms with Crippen molar-refractivity contribution in [3.8, 4) is 0 Å². The number of hydrogen-bond acceptors (Lipinski definition) is 4. The molecule has 1 atom stereocenters. The Labute approximate surface area is 112 Å². The number of aliphatic hydroxyl groups is 1. The van der Waals surface area contributed by atoms with Crippen LogP contribution in [0.25, 0.3) is 0 Å². The van der Waals surface area contributed by atoms with E-state index in [4.69, 9.17) is 4.52 Å². The van der Waals surface area contributed by atoms with Crippen LogP contribution in [0.5, 0.6) is 0 Å². The molecule has 0 aliphatic carbocycles. The van der Waals surface area contributed by atoms with Crippen LogP contribution in [0.2, 0.25) is 0 Å². The fourth-order valence-electron chi connectivity index (χ4n) is 3.38. The second kappa shape index (κ2) is 4.61. The minimum Gasteiger partial charge on any atom is -0.387 e. The lowest BCUT2D eigenvalue weighted by atomic mass is 9.83. The third-order valence-electron chi connectivity index (χ3n) is 4.44. The second-order valence-electron chi connectivity index (χ2n) is 5.91. The number of aromatic nitrogens is 1. The normalized spacial score (nSPS) is 33.4. The molecule has 4 rings (SSSR count). The summed E-state index contributed by atoms with van der Waals surface area (Å²) >= 11 is 0. The highest BCUT2D eigenvalue weighted by molar-refractivity contribution is 5.90. The van der Waals surface area contributed by atoms with Crippen molar-refractivity contribution in [1.29, 1.82) is 0 Å². The molecule has 3 aliphatic rings.